The Kier molecular flexibility index (Phi) is 1.63. The maximum absolute atomic E-state index is 3.12. The van der Waals surface area contributed by atoms with E-state index in [1.54, 1.807) is 0 Å². The van der Waals surface area contributed by atoms with Gasteiger partial charge >= 0.3 is 0 Å². The van der Waals surface area contributed by atoms with E-state index in [1.165, 1.54) is 5.56 Å². The van der Waals surface area contributed by atoms with Crippen LogP contribution in [0.25, 0.3) is 0 Å². The van der Waals surface area contributed by atoms with Crippen LogP contribution in [0.4, 0.5) is 0 Å². The number of hydrogen-bond acceptors (Lipinski definition) is 0. The Balaban J connectivity index is 2.25. The monoisotopic (exact) mass is 142 g/mol. The van der Waals surface area contributed by atoms with Gasteiger partial charge in [-0.15, -0.1) is 5.73 Å². The topological polar surface area (TPSA) is 0 Å². The second kappa shape index (κ2) is 2.77. The minimum Gasteiger partial charge on any atom is -0.129 e. The van der Waals surface area contributed by atoms with Crippen molar-refractivity contribution in [1.82, 2.24) is 0 Å². The molecule has 1 aliphatic carbocycles. The highest BCUT2D eigenvalue weighted by Gasteiger charge is 2.07. The highest BCUT2D eigenvalue weighted by molar-refractivity contribution is 5.26. The first-order valence-corrected chi connectivity index (χ1v) is 3.93. The largest absolute Gasteiger partial charge is 0.129 e. The summed E-state index contributed by atoms with van der Waals surface area (Å²) in [7, 11) is 0. The highest BCUT2D eigenvalue weighted by Crippen LogP contribution is 2.23. The fourth-order valence-electron chi connectivity index (χ4n) is 1.38. The molecule has 54 valence electrons. The smallest absolute Gasteiger partial charge is 0.0134 e. The average Bonchev–Trinajstić information content (AvgIpc) is 2.58. The molecule has 0 bridgehead atoms. The van der Waals surface area contributed by atoms with Crippen LogP contribution in [0.1, 0.15) is 17.9 Å². The van der Waals surface area contributed by atoms with Crippen molar-refractivity contribution in [3.63, 3.8) is 0 Å². The van der Waals surface area contributed by atoms with E-state index in [-0.39, 0.29) is 0 Å². The highest BCUT2D eigenvalue weighted by atomic mass is 14.1. The molecule has 1 atom stereocenters. The van der Waals surface area contributed by atoms with Crippen LogP contribution in [0.2, 0.25) is 0 Å². The van der Waals surface area contributed by atoms with Gasteiger partial charge in [-0.3, -0.25) is 0 Å². The molecule has 0 heterocycles. The predicted octanol–water partition coefficient (Wildman–Crippen LogP) is 2.89. The second-order valence-electron chi connectivity index (χ2n) is 2.79. The van der Waals surface area contributed by atoms with E-state index in [0.717, 1.165) is 6.42 Å². The molecule has 0 amide bonds. The number of rotatable bonds is 1. The Hall–Kier alpha value is -1.26. The Bertz CT molecular complexity index is 289. The molecule has 0 aromatic heterocycles. The first-order chi connectivity index (χ1) is 5.47. The van der Waals surface area contributed by atoms with Crippen molar-refractivity contribution in [2.75, 3.05) is 0 Å². The SMILES string of the molecule is C1=CCC(c2ccccc2)C=1. The van der Waals surface area contributed by atoms with Crippen molar-refractivity contribution in [3.05, 3.63) is 53.8 Å². The zero-order valence-electron chi connectivity index (χ0n) is 6.33. The van der Waals surface area contributed by atoms with Crippen LogP contribution in [-0.2, 0) is 0 Å². The van der Waals surface area contributed by atoms with E-state index in [0.29, 0.717) is 5.92 Å². The minimum absolute atomic E-state index is 0.580. The van der Waals surface area contributed by atoms with Gasteiger partial charge in [0.25, 0.3) is 0 Å². The molecule has 0 saturated carbocycles. The van der Waals surface area contributed by atoms with Gasteiger partial charge in [0.05, 0.1) is 0 Å². The second-order valence-corrected chi connectivity index (χ2v) is 2.79. The lowest BCUT2D eigenvalue weighted by Gasteiger charge is -2.05. The number of hydrogen-bond donors (Lipinski definition) is 0. The molecule has 1 aromatic rings. The molecule has 0 nitrogen and oxygen atoms in total. The summed E-state index contributed by atoms with van der Waals surface area (Å²) in [4.78, 5) is 0. The van der Waals surface area contributed by atoms with Gasteiger partial charge in [0, 0.05) is 5.92 Å². The van der Waals surface area contributed by atoms with Crippen LogP contribution in [0.3, 0.4) is 0 Å². The molecular formula is C11H10. The average molecular weight is 142 g/mol. The summed E-state index contributed by atoms with van der Waals surface area (Å²) < 4.78 is 0. The zero-order chi connectivity index (χ0) is 7.52. The van der Waals surface area contributed by atoms with Gasteiger partial charge in [-0.1, -0.05) is 30.3 Å². The van der Waals surface area contributed by atoms with Gasteiger partial charge in [0.1, 0.15) is 0 Å². The molecule has 0 N–H and O–H groups in total. The van der Waals surface area contributed by atoms with Crippen LogP contribution in [0.15, 0.2) is 48.2 Å². The van der Waals surface area contributed by atoms with Gasteiger partial charge < -0.3 is 0 Å². The van der Waals surface area contributed by atoms with Crippen LogP contribution in [-0.4, -0.2) is 0 Å². The van der Waals surface area contributed by atoms with Gasteiger partial charge in [0.15, 0.2) is 0 Å². The third-order valence-corrected chi connectivity index (χ3v) is 2.01. The molecule has 0 fully saturated rings. The van der Waals surface area contributed by atoms with Gasteiger partial charge in [-0.05, 0) is 24.1 Å². The van der Waals surface area contributed by atoms with Crippen LogP contribution < -0.4 is 0 Å². The van der Waals surface area contributed by atoms with E-state index >= 15 is 0 Å². The van der Waals surface area contributed by atoms with Gasteiger partial charge in [0.2, 0.25) is 0 Å². The van der Waals surface area contributed by atoms with E-state index in [4.69, 9.17) is 0 Å². The lowest BCUT2D eigenvalue weighted by molar-refractivity contribution is 0.889. The van der Waals surface area contributed by atoms with Gasteiger partial charge in [-0.2, -0.15) is 0 Å². The first-order valence-electron chi connectivity index (χ1n) is 3.93. The number of allylic oxidation sites excluding steroid dienone is 1. The van der Waals surface area contributed by atoms with Crippen LogP contribution in [0.5, 0.6) is 0 Å². The minimum atomic E-state index is 0.580. The van der Waals surface area contributed by atoms with Crippen molar-refractivity contribution >= 4 is 0 Å². The summed E-state index contributed by atoms with van der Waals surface area (Å²) in [6.07, 6.45) is 5.34. The molecule has 1 unspecified atom stereocenters. The summed E-state index contributed by atoms with van der Waals surface area (Å²) in [6.45, 7) is 0. The molecule has 0 heteroatoms. The molecule has 0 spiro atoms. The van der Waals surface area contributed by atoms with Crippen LogP contribution in [0, 0.1) is 0 Å². The van der Waals surface area contributed by atoms with Crippen molar-refractivity contribution in [3.8, 4) is 0 Å². The molecule has 2 rings (SSSR count). The third kappa shape index (κ3) is 1.26. The Morgan fingerprint density at radius 3 is 2.64 bits per heavy atom. The Labute approximate surface area is 66.9 Å². The molecule has 1 aliphatic rings. The maximum atomic E-state index is 3.12. The summed E-state index contributed by atoms with van der Waals surface area (Å²) in [5.74, 6) is 0.580. The lowest BCUT2D eigenvalue weighted by Crippen LogP contribution is -1.88. The predicted molar refractivity (Wildman–Crippen MR) is 46.5 cm³/mol. The first kappa shape index (κ1) is 6.45. The molecular weight excluding hydrogens is 132 g/mol. The molecule has 0 aliphatic heterocycles. The quantitative estimate of drug-likeness (QED) is 0.529. The summed E-state index contributed by atoms with van der Waals surface area (Å²) in [5.41, 5.74) is 4.52. The fourth-order valence-corrected chi connectivity index (χ4v) is 1.38. The standard InChI is InChI=1S/C11H10/c1-2-6-10(7-3-1)11-8-4-5-9-11/h1-4,6-7,9,11H,8H2. The van der Waals surface area contributed by atoms with Crippen LogP contribution >= 0.6 is 0 Å². The Morgan fingerprint density at radius 1 is 1.18 bits per heavy atom. The van der Waals surface area contributed by atoms with Crippen molar-refractivity contribution in [2.24, 2.45) is 0 Å². The lowest BCUT2D eigenvalue weighted by atomic mass is 9.99. The summed E-state index contributed by atoms with van der Waals surface area (Å²) >= 11 is 0. The van der Waals surface area contributed by atoms with E-state index in [9.17, 15) is 0 Å². The van der Waals surface area contributed by atoms with Crippen molar-refractivity contribution in [2.45, 2.75) is 12.3 Å². The van der Waals surface area contributed by atoms with Crippen molar-refractivity contribution < 1.29 is 0 Å². The summed E-state index contributed by atoms with van der Waals surface area (Å²) in [5, 5.41) is 0. The Morgan fingerprint density at radius 2 is 2.00 bits per heavy atom. The molecule has 11 heavy (non-hydrogen) atoms. The third-order valence-electron chi connectivity index (χ3n) is 2.01. The zero-order valence-corrected chi connectivity index (χ0v) is 6.33. The van der Waals surface area contributed by atoms with E-state index in [1.807, 2.05) is 0 Å². The molecule has 0 saturated heterocycles. The normalized spacial score (nSPS) is 20.9. The fraction of sp³-hybridized carbons (Fsp3) is 0.182. The number of benzene rings is 1. The maximum Gasteiger partial charge on any atom is 0.0134 e. The molecule has 0 radical (unpaired) electrons. The van der Waals surface area contributed by atoms with E-state index < -0.39 is 0 Å². The van der Waals surface area contributed by atoms with Crippen molar-refractivity contribution in [1.29, 1.82) is 0 Å². The molecule has 1 aromatic carbocycles. The summed E-state index contributed by atoms with van der Waals surface area (Å²) in [6, 6.07) is 10.6. The van der Waals surface area contributed by atoms with Gasteiger partial charge in [-0.25, -0.2) is 0 Å². The van der Waals surface area contributed by atoms with E-state index in [2.05, 4.69) is 48.2 Å².